The van der Waals surface area contributed by atoms with Crippen molar-refractivity contribution in [2.24, 2.45) is 0 Å². The van der Waals surface area contributed by atoms with Crippen molar-refractivity contribution in [2.45, 2.75) is 44.9 Å². The van der Waals surface area contributed by atoms with Crippen LogP contribution in [0.25, 0.3) is 0 Å². The predicted molar refractivity (Wildman–Crippen MR) is 59.5 cm³/mol. The molecule has 3 nitrogen and oxygen atoms in total. The van der Waals surface area contributed by atoms with Crippen molar-refractivity contribution >= 4 is 11.6 Å². The second-order valence-electron chi connectivity index (χ2n) is 4.77. The number of allylic oxidation sites excluding steroid dienone is 4. The van der Waals surface area contributed by atoms with Crippen LogP contribution in [0.15, 0.2) is 22.5 Å². The lowest BCUT2D eigenvalue weighted by atomic mass is 9.82. The molecular weight excluding hydrogens is 202 g/mol. The van der Waals surface area contributed by atoms with Crippen molar-refractivity contribution in [3.63, 3.8) is 0 Å². The summed E-state index contributed by atoms with van der Waals surface area (Å²) in [4.78, 5) is 23.6. The molecule has 0 aromatic rings. The molecule has 0 aromatic heterocycles. The Morgan fingerprint density at radius 1 is 0.750 bits per heavy atom. The Kier molecular flexibility index (Phi) is 2.20. The highest BCUT2D eigenvalue weighted by Gasteiger charge is 2.31. The molecule has 0 bridgehead atoms. The molecular formula is C13H15NO2. The van der Waals surface area contributed by atoms with E-state index in [0.29, 0.717) is 19.3 Å². The Labute approximate surface area is 94.6 Å². The fraction of sp³-hybridized carbons (Fsp3) is 0.538. The van der Waals surface area contributed by atoms with Crippen LogP contribution in [0.2, 0.25) is 0 Å². The maximum absolute atomic E-state index is 11.8. The Hall–Kier alpha value is -1.38. The molecule has 0 unspecified atom stereocenters. The van der Waals surface area contributed by atoms with Gasteiger partial charge in [0.25, 0.3) is 0 Å². The second-order valence-corrected chi connectivity index (χ2v) is 4.77. The zero-order chi connectivity index (χ0) is 11.1. The van der Waals surface area contributed by atoms with Crippen molar-refractivity contribution in [1.82, 2.24) is 5.32 Å². The van der Waals surface area contributed by atoms with Gasteiger partial charge in [0.2, 0.25) is 0 Å². The maximum atomic E-state index is 11.8. The monoisotopic (exact) mass is 217 g/mol. The fourth-order valence-corrected chi connectivity index (χ4v) is 2.84. The largest absolute Gasteiger partial charge is 0.362 e. The van der Waals surface area contributed by atoms with E-state index in [4.69, 9.17) is 0 Å². The van der Waals surface area contributed by atoms with Gasteiger partial charge in [-0.1, -0.05) is 0 Å². The number of carbonyl (C=O) groups excluding carboxylic acids is 2. The number of Topliss-reactive ketones (excluding diaryl/α,β-unsaturated/α-hetero) is 2. The SMILES string of the molecule is O=C1CCCC2=C1CC1=C(CCCC1=O)N2. The van der Waals surface area contributed by atoms with Crippen LogP contribution in [-0.2, 0) is 9.59 Å². The highest BCUT2D eigenvalue weighted by molar-refractivity contribution is 6.03. The fourth-order valence-electron chi connectivity index (χ4n) is 2.84. The lowest BCUT2D eigenvalue weighted by molar-refractivity contribution is -0.116. The molecule has 0 saturated heterocycles. The quantitative estimate of drug-likeness (QED) is 0.675. The molecule has 1 aliphatic heterocycles. The van der Waals surface area contributed by atoms with E-state index in [2.05, 4.69) is 5.32 Å². The number of carbonyl (C=O) groups is 2. The van der Waals surface area contributed by atoms with Crippen LogP contribution >= 0.6 is 0 Å². The predicted octanol–water partition coefficient (Wildman–Crippen LogP) is 1.99. The smallest absolute Gasteiger partial charge is 0.160 e. The van der Waals surface area contributed by atoms with Gasteiger partial charge in [0.1, 0.15) is 0 Å². The molecule has 1 N–H and O–H groups in total. The van der Waals surface area contributed by atoms with E-state index in [9.17, 15) is 9.59 Å². The Morgan fingerprint density at radius 2 is 1.25 bits per heavy atom. The summed E-state index contributed by atoms with van der Waals surface area (Å²) < 4.78 is 0. The molecule has 84 valence electrons. The molecule has 0 atom stereocenters. The molecule has 0 aromatic carbocycles. The minimum Gasteiger partial charge on any atom is -0.362 e. The average Bonchev–Trinajstić information content (AvgIpc) is 2.28. The van der Waals surface area contributed by atoms with Gasteiger partial charge in [-0.25, -0.2) is 0 Å². The molecule has 0 spiro atoms. The third-order valence-electron chi connectivity index (χ3n) is 3.72. The zero-order valence-corrected chi connectivity index (χ0v) is 9.27. The number of nitrogens with one attached hydrogen (secondary N) is 1. The second kappa shape index (κ2) is 3.58. The van der Waals surface area contributed by atoms with Crippen LogP contribution in [0.4, 0.5) is 0 Å². The summed E-state index contributed by atoms with van der Waals surface area (Å²) in [6, 6.07) is 0. The standard InChI is InChI=1S/C13H15NO2/c15-12-5-1-3-10-8(12)7-9-11(14-10)4-2-6-13(9)16/h14H,1-7H2. The zero-order valence-electron chi connectivity index (χ0n) is 9.27. The van der Waals surface area contributed by atoms with Crippen LogP contribution in [0.5, 0.6) is 0 Å². The van der Waals surface area contributed by atoms with Crippen molar-refractivity contribution < 1.29 is 9.59 Å². The number of hydrogen-bond acceptors (Lipinski definition) is 3. The van der Waals surface area contributed by atoms with E-state index in [1.165, 1.54) is 0 Å². The molecule has 16 heavy (non-hydrogen) atoms. The van der Waals surface area contributed by atoms with Gasteiger partial charge in [-0.15, -0.1) is 0 Å². The summed E-state index contributed by atoms with van der Waals surface area (Å²) in [5.74, 6) is 0.470. The minimum absolute atomic E-state index is 0.235. The van der Waals surface area contributed by atoms with Crippen LogP contribution in [0.1, 0.15) is 44.9 Å². The van der Waals surface area contributed by atoms with E-state index in [-0.39, 0.29) is 11.6 Å². The molecule has 3 aliphatic rings. The Bertz CT molecular complexity index is 403. The third kappa shape index (κ3) is 1.42. The van der Waals surface area contributed by atoms with Crippen molar-refractivity contribution in [3.05, 3.63) is 22.5 Å². The maximum Gasteiger partial charge on any atom is 0.160 e. The van der Waals surface area contributed by atoms with E-state index < -0.39 is 0 Å². The molecule has 0 radical (unpaired) electrons. The summed E-state index contributed by atoms with van der Waals surface area (Å²) in [5.41, 5.74) is 3.93. The van der Waals surface area contributed by atoms with Gasteiger partial charge in [0, 0.05) is 41.8 Å². The summed E-state index contributed by atoms with van der Waals surface area (Å²) in [5, 5.41) is 3.34. The molecule has 3 heteroatoms. The average molecular weight is 217 g/mol. The number of ketones is 2. The Balaban J connectivity index is 1.95. The van der Waals surface area contributed by atoms with Crippen LogP contribution in [0, 0.1) is 0 Å². The lowest BCUT2D eigenvalue weighted by Gasteiger charge is -2.31. The van der Waals surface area contributed by atoms with Gasteiger partial charge < -0.3 is 5.32 Å². The summed E-state index contributed by atoms with van der Waals surface area (Å²) in [7, 11) is 0. The molecule has 0 amide bonds. The van der Waals surface area contributed by atoms with Crippen molar-refractivity contribution in [3.8, 4) is 0 Å². The molecule has 0 saturated carbocycles. The molecule has 1 heterocycles. The van der Waals surface area contributed by atoms with Gasteiger partial charge in [-0.05, 0) is 25.7 Å². The summed E-state index contributed by atoms with van der Waals surface area (Å²) in [6.07, 6.45) is 5.71. The highest BCUT2D eigenvalue weighted by atomic mass is 16.1. The van der Waals surface area contributed by atoms with Crippen molar-refractivity contribution in [1.29, 1.82) is 0 Å². The van der Waals surface area contributed by atoms with Gasteiger partial charge in [-0.3, -0.25) is 9.59 Å². The number of dihydropyridines is 1. The van der Waals surface area contributed by atoms with Crippen LogP contribution in [-0.4, -0.2) is 11.6 Å². The number of hydrogen-bond donors (Lipinski definition) is 1. The third-order valence-corrected chi connectivity index (χ3v) is 3.72. The van der Waals surface area contributed by atoms with Crippen LogP contribution < -0.4 is 5.32 Å². The lowest BCUT2D eigenvalue weighted by Crippen LogP contribution is -2.31. The molecule has 0 fully saturated rings. The van der Waals surface area contributed by atoms with Gasteiger partial charge in [0.15, 0.2) is 11.6 Å². The normalized spacial score (nSPS) is 25.2. The summed E-state index contributed by atoms with van der Waals surface area (Å²) in [6.45, 7) is 0. The first-order chi connectivity index (χ1) is 7.75. The first kappa shape index (κ1) is 9.82. The van der Waals surface area contributed by atoms with E-state index in [1.807, 2.05) is 0 Å². The van der Waals surface area contributed by atoms with Gasteiger partial charge in [0.05, 0.1) is 0 Å². The Morgan fingerprint density at radius 3 is 1.75 bits per heavy atom. The topological polar surface area (TPSA) is 46.2 Å². The molecule has 3 rings (SSSR count). The highest BCUT2D eigenvalue weighted by Crippen LogP contribution is 2.35. The van der Waals surface area contributed by atoms with Gasteiger partial charge >= 0.3 is 0 Å². The molecule has 2 aliphatic carbocycles. The minimum atomic E-state index is 0.235. The van der Waals surface area contributed by atoms with E-state index in [0.717, 1.165) is 48.2 Å². The first-order valence-electron chi connectivity index (χ1n) is 6.03. The van der Waals surface area contributed by atoms with Crippen molar-refractivity contribution in [2.75, 3.05) is 0 Å². The van der Waals surface area contributed by atoms with E-state index in [1.54, 1.807) is 0 Å². The van der Waals surface area contributed by atoms with Crippen LogP contribution in [0.3, 0.4) is 0 Å². The van der Waals surface area contributed by atoms with E-state index >= 15 is 0 Å². The summed E-state index contributed by atoms with van der Waals surface area (Å²) >= 11 is 0. The van der Waals surface area contributed by atoms with Gasteiger partial charge in [-0.2, -0.15) is 0 Å². The number of rotatable bonds is 0. The first-order valence-corrected chi connectivity index (χ1v) is 6.03.